The molecule has 0 aliphatic carbocycles. The lowest BCUT2D eigenvalue weighted by Gasteiger charge is -2.43. The number of anilines is 2. The first-order valence-electron chi connectivity index (χ1n) is 6.67. The molecule has 0 spiro atoms. The van der Waals surface area contributed by atoms with Crippen LogP contribution in [-0.4, -0.2) is 55.2 Å². The van der Waals surface area contributed by atoms with E-state index < -0.39 is 11.9 Å². The largest absolute Gasteiger partial charge is 0.481 e. The van der Waals surface area contributed by atoms with Crippen molar-refractivity contribution in [2.24, 2.45) is 5.92 Å². The van der Waals surface area contributed by atoms with Crippen molar-refractivity contribution in [2.75, 3.05) is 43.0 Å². The van der Waals surface area contributed by atoms with E-state index >= 15 is 0 Å². The number of aliphatic carboxylic acids is 1. The van der Waals surface area contributed by atoms with Crippen molar-refractivity contribution in [1.82, 2.24) is 4.90 Å². The number of nitrogens with zero attached hydrogens (tertiary/aromatic N) is 3. The van der Waals surface area contributed by atoms with E-state index in [9.17, 15) is 9.59 Å². The SMILES string of the molecule is CN1CCN(C(=O)N2CC(C(=O)O)C2)c2ccccc21. The molecule has 20 heavy (non-hydrogen) atoms. The van der Waals surface area contributed by atoms with Gasteiger partial charge in [0.15, 0.2) is 0 Å². The summed E-state index contributed by atoms with van der Waals surface area (Å²) in [6.07, 6.45) is 0. The van der Waals surface area contributed by atoms with E-state index in [2.05, 4.69) is 4.90 Å². The second-order valence-electron chi connectivity index (χ2n) is 5.28. The molecule has 1 saturated heterocycles. The van der Waals surface area contributed by atoms with Crippen LogP contribution in [-0.2, 0) is 4.79 Å². The lowest BCUT2D eigenvalue weighted by atomic mass is 10.0. The number of carboxylic acid groups (broad SMARTS) is 1. The molecular weight excluding hydrogens is 258 g/mol. The van der Waals surface area contributed by atoms with Crippen LogP contribution in [0.2, 0.25) is 0 Å². The van der Waals surface area contributed by atoms with E-state index in [0.29, 0.717) is 19.6 Å². The van der Waals surface area contributed by atoms with Crippen LogP contribution in [0.3, 0.4) is 0 Å². The first-order chi connectivity index (χ1) is 9.58. The highest BCUT2D eigenvalue weighted by molar-refractivity contribution is 5.97. The molecule has 6 nitrogen and oxygen atoms in total. The molecule has 3 rings (SSSR count). The van der Waals surface area contributed by atoms with Crippen molar-refractivity contribution >= 4 is 23.4 Å². The number of carbonyl (C=O) groups is 2. The lowest BCUT2D eigenvalue weighted by Crippen LogP contribution is -2.58. The van der Waals surface area contributed by atoms with Gasteiger partial charge in [-0.2, -0.15) is 0 Å². The van der Waals surface area contributed by atoms with Crippen LogP contribution in [0.1, 0.15) is 0 Å². The lowest BCUT2D eigenvalue weighted by molar-refractivity contribution is -0.146. The van der Waals surface area contributed by atoms with Gasteiger partial charge in [-0.15, -0.1) is 0 Å². The molecule has 106 valence electrons. The molecule has 0 radical (unpaired) electrons. The smallest absolute Gasteiger partial charge is 0.324 e. The topological polar surface area (TPSA) is 64.1 Å². The Labute approximate surface area is 117 Å². The number of fused-ring (bicyclic) bond motifs is 1. The van der Waals surface area contributed by atoms with Crippen molar-refractivity contribution in [2.45, 2.75) is 0 Å². The molecule has 6 heteroatoms. The zero-order valence-corrected chi connectivity index (χ0v) is 11.3. The van der Waals surface area contributed by atoms with Crippen LogP contribution in [0.15, 0.2) is 24.3 Å². The van der Waals surface area contributed by atoms with Gasteiger partial charge in [-0.1, -0.05) is 12.1 Å². The van der Waals surface area contributed by atoms with Gasteiger partial charge in [-0.05, 0) is 12.1 Å². The van der Waals surface area contributed by atoms with Gasteiger partial charge in [0.25, 0.3) is 0 Å². The number of hydrogen-bond donors (Lipinski definition) is 1. The standard InChI is InChI=1S/C14H17N3O3/c1-15-6-7-17(12-5-3-2-4-11(12)15)14(20)16-8-10(9-16)13(18)19/h2-5,10H,6-9H2,1H3,(H,18,19). The summed E-state index contributed by atoms with van der Waals surface area (Å²) in [5, 5.41) is 8.88. The van der Waals surface area contributed by atoms with Gasteiger partial charge in [0, 0.05) is 33.2 Å². The number of carbonyl (C=O) groups excluding carboxylic acids is 1. The van der Waals surface area contributed by atoms with Crippen LogP contribution in [0.5, 0.6) is 0 Å². The average molecular weight is 275 g/mol. The molecule has 2 aliphatic rings. The first-order valence-corrected chi connectivity index (χ1v) is 6.67. The summed E-state index contributed by atoms with van der Waals surface area (Å²) >= 11 is 0. The number of urea groups is 1. The highest BCUT2D eigenvalue weighted by Gasteiger charge is 2.39. The Morgan fingerprint density at radius 2 is 1.80 bits per heavy atom. The van der Waals surface area contributed by atoms with E-state index in [-0.39, 0.29) is 6.03 Å². The van der Waals surface area contributed by atoms with Gasteiger partial charge in [0.05, 0.1) is 17.3 Å². The molecule has 2 aliphatic heterocycles. The molecule has 1 aromatic rings. The quantitative estimate of drug-likeness (QED) is 0.833. The molecule has 0 aromatic heterocycles. The molecule has 0 atom stereocenters. The predicted molar refractivity (Wildman–Crippen MR) is 75.2 cm³/mol. The minimum Gasteiger partial charge on any atom is -0.481 e. The van der Waals surface area contributed by atoms with Crippen LogP contribution in [0.4, 0.5) is 16.2 Å². The van der Waals surface area contributed by atoms with Crippen LogP contribution in [0, 0.1) is 5.92 Å². The van der Waals surface area contributed by atoms with E-state index in [1.807, 2.05) is 31.3 Å². The summed E-state index contributed by atoms with van der Waals surface area (Å²) < 4.78 is 0. The van der Waals surface area contributed by atoms with Crippen molar-refractivity contribution in [1.29, 1.82) is 0 Å². The predicted octanol–water partition coefficient (Wildman–Crippen LogP) is 1.08. The summed E-state index contributed by atoms with van der Waals surface area (Å²) in [7, 11) is 2.00. The third-order valence-corrected chi connectivity index (χ3v) is 3.98. The van der Waals surface area contributed by atoms with Crippen LogP contribution in [0.25, 0.3) is 0 Å². The van der Waals surface area contributed by atoms with E-state index in [1.54, 1.807) is 9.80 Å². The van der Waals surface area contributed by atoms with E-state index in [1.165, 1.54) is 0 Å². The van der Waals surface area contributed by atoms with E-state index in [4.69, 9.17) is 5.11 Å². The number of likely N-dealkylation sites (tertiary alicyclic amines) is 1. The fourth-order valence-corrected chi connectivity index (χ4v) is 2.67. The minimum atomic E-state index is -0.826. The summed E-state index contributed by atoms with van der Waals surface area (Å²) in [6, 6.07) is 7.69. The molecule has 2 heterocycles. The zero-order valence-electron chi connectivity index (χ0n) is 11.3. The third kappa shape index (κ3) is 1.97. The molecule has 1 N–H and O–H groups in total. The number of benzene rings is 1. The summed E-state index contributed by atoms with van der Waals surface area (Å²) in [5.74, 6) is -1.24. The molecule has 0 bridgehead atoms. The normalized spacial score (nSPS) is 18.6. The van der Waals surface area contributed by atoms with Gasteiger partial charge >= 0.3 is 12.0 Å². The van der Waals surface area contributed by atoms with E-state index in [0.717, 1.165) is 17.9 Å². The average Bonchev–Trinajstić information content (AvgIpc) is 2.37. The fraction of sp³-hybridized carbons (Fsp3) is 0.429. The van der Waals surface area contributed by atoms with Gasteiger partial charge in [-0.25, -0.2) is 4.79 Å². The van der Waals surface area contributed by atoms with Crippen LogP contribution >= 0.6 is 0 Å². The Morgan fingerprint density at radius 3 is 2.45 bits per heavy atom. The van der Waals surface area contributed by atoms with Gasteiger partial charge in [-0.3, -0.25) is 9.69 Å². The minimum absolute atomic E-state index is 0.0944. The number of likely N-dealkylation sites (N-methyl/N-ethyl adjacent to an activating group) is 1. The maximum Gasteiger partial charge on any atom is 0.324 e. The number of rotatable bonds is 1. The monoisotopic (exact) mass is 275 g/mol. The van der Waals surface area contributed by atoms with Gasteiger partial charge in [0.1, 0.15) is 0 Å². The molecule has 1 aromatic carbocycles. The number of amides is 2. The molecule has 0 unspecified atom stereocenters. The fourth-order valence-electron chi connectivity index (χ4n) is 2.67. The summed E-state index contributed by atoms with van der Waals surface area (Å²) in [6.45, 7) is 2.02. The van der Waals surface area contributed by atoms with Crippen molar-refractivity contribution in [3.05, 3.63) is 24.3 Å². The highest BCUT2D eigenvalue weighted by atomic mass is 16.4. The zero-order chi connectivity index (χ0) is 14.3. The number of para-hydroxylation sites is 2. The van der Waals surface area contributed by atoms with Crippen molar-refractivity contribution < 1.29 is 14.7 Å². The Hall–Kier alpha value is -2.24. The van der Waals surface area contributed by atoms with Crippen molar-refractivity contribution in [3.63, 3.8) is 0 Å². The maximum atomic E-state index is 12.5. The number of hydrogen-bond acceptors (Lipinski definition) is 3. The van der Waals surface area contributed by atoms with Gasteiger partial charge in [0.2, 0.25) is 0 Å². The Morgan fingerprint density at radius 1 is 1.15 bits per heavy atom. The Kier molecular flexibility index (Phi) is 3.00. The first kappa shape index (κ1) is 12.8. The third-order valence-electron chi connectivity index (χ3n) is 3.98. The number of carboxylic acids is 1. The second-order valence-corrected chi connectivity index (χ2v) is 5.28. The van der Waals surface area contributed by atoms with Crippen LogP contribution < -0.4 is 9.80 Å². The molecule has 2 amide bonds. The maximum absolute atomic E-state index is 12.5. The highest BCUT2D eigenvalue weighted by Crippen LogP contribution is 2.33. The molecular formula is C14H17N3O3. The summed E-state index contributed by atoms with van der Waals surface area (Å²) in [4.78, 5) is 28.7. The Balaban J connectivity index is 1.77. The van der Waals surface area contributed by atoms with Gasteiger partial charge < -0.3 is 14.9 Å². The molecule has 1 fully saturated rings. The molecule has 0 saturated carbocycles. The second kappa shape index (κ2) is 4.70. The van der Waals surface area contributed by atoms with Crippen molar-refractivity contribution in [3.8, 4) is 0 Å². The Bertz CT molecular complexity index is 554. The summed E-state index contributed by atoms with van der Waals surface area (Å²) in [5.41, 5.74) is 1.92.